The summed E-state index contributed by atoms with van der Waals surface area (Å²) in [6, 6.07) is 2.03. The van der Waals surface area contributed by atoms with Gasteiger partial charge in [0.15, 0.2) is 11.3 Å². The second kappa shape index (κ2) is 6.49. The molecule has 1 fully saturated rings. The molecule has 7 heteroatoms. The maximum absolute atomic E-state index is 5.99. The van der Waals surface area contributed by atoms with Gasteiger partial charge in [-0.1, -0.05) is 13.3 Å². The zero-order valence-electron chi connectivity index (χ0n) is 14.1. The van der Waals surface area contributed by atoms with E-state index in [1.165, 1.54) is 0 Å². The molecule has 3 aromatic heterocycles. The van der Waals surface area contributed by atoms with Crippen LogP contribution < -0.4 is 0 Å². The van der Waals surface area contributed by atoms with Crippen molar-refractivity contribution in [2.75, 3.05) is 20.3 Å². The highest BCUT2D eigenvalue weighted by Gasteiger charge is 2.37. The van der Waals surface area contributed by atoms with Gasteiger partial charge in [0.25, 0.3) is 0 Å². The largest absolute Gasteiger partial charge is 0.382 e. The molecule has 0 unspecified atom stereocenters. The lowest BCUT2D eigenvalue weighted by atomic mass is 9.93. The Morgan fingerprint density at radius 2 is 2.21 bits per heavy atom. The van der Waals surface area contributed by atoms with Crippen LogP contribution in [0.5, 0.6) is 0 Å². The van der Waals surface area contributed by atoms with Crippen LogP contribution in [0.15, 0.2) is 18.5 Å². The molecule has 0 radical (unpaired) electrons. The van der Waals surface area contributed by atoms with Gasteiger partial charge in [0.05, 0.1) is 31.0 Å². The normalized spacial score (nSPS) is 24.3. The summed E-state index contributed by atoms with van der Waals surface area (Å²) in [7, 11) is 1.70. The molecule has 3 atom stereocenters. The zero-order chi connectivity index (χ0) is 16.5. The van der Waals surface area contributed by atoms with E-state index in [9.17, 15) is 0 Å². The lowest BCUT2D eigenvalue weighted by molar-refractivity contribution is 0.0186. The average Bonchev–Trinajstić information content (AvgIpc) is 3.31. The van der Waals surface area contributed by atoms with Crippen molar-refractivity contribution in [1.29, 1.82) is 0 Å². The van der Waals surface area contributed by atoms with Gasteiger partial charge in [0.1, 0.15) is 5.82 Å². The summed E-state index contributed by atoms with van der Waals surface area (Å²) in [5.74, 6) is 1.95. The molecule has 0 spiro atoms. The fourth-order valence-electron chi connectivity index (χ4n) is 3.91. The van der Waals surface area contributed by atoms with Gasteiger partial charge in [0, 0.05) is 19.2 Å². The van der Waals surface area contributed by atoms with Crippen LogP contribution in [0.1, 0.15) is 37.9 Å². The predicted molar refractivity (Wildman–Crippen MR) is 90.0 cm³/mol. The first kappa shape index (κ1) is 15.5. The van der Waals surface area contributed by atoms with E-state index < -0.39 is 0 Å². The van der Waals surface area contributed by atoms with E-state index in [1.54, 1.807) is 13.3 Å². The summed E-state index contributed by atoms with van der Waals surface area (Å²) in [5.41, 5.74) is 2.70. The molecule has 3 heterocycles. The standard InChI is InChI=1S/C17H23N5O2/c1-3-11-8-12(24-7-6-23-2)9-13(11)17-21-20-15-10-19-16-14(22(15)17)4-5-18-16/h4-5,10-13,18H,3,6-9H2,1-2H3/t11-,12+,13-/m1/s1. The number of hydrogen-bond donors (Lipinski definition) is 1. The Hall–Kier alpha value is -1.99. The highest BCUT2D eigenvalue weighted by atomic mass is 16.5. The van der Waals surface area contributed by atoms with Crippen molar-refractivity contribution >= 4 is 16.8 Å². The molecule has 1 saturated carbocycles. The summed E-state index contributed by atoms with van der Waals surface area (Å²) in [4.78, 5) is 7.56. The number of nitrogens with one attached hydrogen (secondary N) is 1. The third kappa shape index (κ3) is 2.57. The van der Waals surface area contributed by atoms with Gasteiger partial charge in [0.2, 0.25) is 0 Å². The van der Waals surface area contributed by atoms with Crippen molar-refractivity contribution in [2.45, 2.75) is 38.2 Å². The van der Waals surface area contributed by atoms with Gasteiger partial charge in [-0.2, -0.15) is 0 Å². The molecule has 1 aliphatic carbocycles. The Bertz CT molecular complexity index is 827. The lowest BCUT2D eigenvalue weighted by Gasteiger charge is -2.15. The van der Waals surface area contributed by atoms with Gasteiger partial charge < -0.3 is 14.5 Å². The minimum Gasteiger partial charge on any atom is -0.382 e. The van der Waals surface area contributed by atoms with Crippen molar-refractivity contribution in [3.8, 4) is 0 Å². The van der Waals surface area contributed by atoms with Gasteiger partial charge >= 0.3 is 0 Å². The van der Waals surface area contributed by atoms with Gasteiger partial charge in [-0.3, -0.25) is 4.40 Å². The molecule has 0 amide bonds. The second-order valence-electron chi connectivity index (χ2n) is 6.45. The smallest absolute Gasteiger partial charge is 0.179 e. The Labute approximate surface area is 140 Å². The van der Waals surface area contributed by atoms with Crippen LogP contribution in [0.4, 0.5) is 0 Å². The maximum atomic E-state index is 5.99. The number of fused-ring (bicyclic) bond motifs is 3. The summed E-state index contributed by atoms with van der Waals surface area (Å²) < 4.78 is 13.2. The fourth-order valence-corrected chi connectivity index (χ4v) is 3.91. The highest BCUT2D eigenvalue weighted by molar-refractivity contribution is 5.74. The van der Waals surface area contributed by atoms with Gasteiger partial charge in [-0.25, -0.2) is 4.98 Å². The summed E-state index contributed by atoms with van der Waals surface area (Å²) >= 11 is 0. The Balaban J connectivity index is 1.67. The molecule has 0 aliphatic heterocycles. The molecular weight excluding hydrogens is 306 g/mol. The molecule has 24 heavy (non-hydrogen) atoms. The summed E-state index contributed by atoms with van der Waals surface area (Å²) in [6.45, 7) is 3.53. The molecule has 4 rings (SSSR count). The van der Waals surface area contributed by atoms with Crippen molar-refractivity contribution in [2.24, 2.45) is 5.92 Å². The van der Waals surface area contributed by atoms with Crippen LogP contribution in [0, 0.1) is 5.92 Å². The number of aromatic nitrogens is 5. The van der Waals surface area contributed by atoms with Crippen molar-refractivity contribution in [1.82, 2.24) is 24.6 Å². The molecule has 3 aromatic rings. The summed E-state index contributed by atoms with van der Waals surface area (Å²) in [5, 5.41) is 8.85. The van der Waals surface area contributed by atoms with Gasteiger partial charge in [-0.15, -0.1) is 10.2 Å². The molecule has 128 valence electrons. The molecule has 0 bridgehead atoms. The van der Waals surface area contributed by atoms with E-state index in [-0.39, 0.29) is 6.10 Å². The zero-order valence-corrected chi connectivity index (χ0v) is 14.1. The van der Waals surface area contributed by atoms with E-state index in [1.807, 2.05) is 12.3 Å². The van der Waals surface area contributed by atoms with Crippen molar-refractivity contribution in [3.63, 3.8) is 0 Å². The quantitative estimate of drug-likeness (QED) is 0.703. The van der Waals surface area contributed by atoms with Crippen LogP contribution in [0.3, 0.4) is 0 Å². The molecule has 1 aliphatic rings. The molecule has 7 nitrogen and oxygen atoms in total. The average molecular weight is 329 g/mol. The molecular formula is C17H23N5O2. The van der Waals surface area contributed by atoms with E-state index in [0.717, 1.165) is 41.9 Å². The van der Waals surface area contributed by atoms with Crippen LogP contribution in [0.25, 0.3) is 16.8 Å². The van der Waals surface area contributed by atoms with E-state index in [2.05, 4.69) is 31.5 Å². The fraction of sp³-hybridized carbons (Fsp3) is 0.588. The van der Waals surface area contributed by atoms with Crippen LogP contribution in [-0.2, 0) is 9.47 Å². The Morgan fingerprint density at radius 3 is 3.04 bits per heavy atom. The number of hydrogen-bond acceptors (Lipinski definition) is 5. The second-order valence-corrected chi connectivity index (χ2v) is 6.45. The van der Waals surface area contributed by atoms with E-state index in [4.69, 9.17) is 9.47 Å². The van der Waals surface area contributed by atoms with Crippen molar-refractivity contribution < 1.29 is 9.47 Å². The topological polar surface area (TPSA) is 77.3 Å². The van der Waals surface area contributed by atoms with E-state index in [0.29, 0.717) is 25.0 Å². The monoisotopic (exact) mass is 329 g/mol. The van der Waals surface area contributed by atoms with Crippen LogP contribution in [0.2, 0.25) is 0 Å². The predicted octanol–water partition coefficient (Wildman–Crippen LogP) is 2.54. The Kier molecular flexibility index (Phi) is 4.20. The first-order chi connectivity index (χ1) is 11.8. The third-order valence-electron chi connectivity index (χ3n) is 5.12. The first-order valence-electron chi connectivity index (χ1n) is 8.59. The first-order valence-corrected chi connectivity index (χ1v) is 8.59. The van der Waals surface area contributed by atoms with Crippen LogP contribution in [-0.4, -0.2) is 51.0 Å². The van der Waals surface area contributed by atoms with Crippen molar-refractivity contribution in [3.05, 3.63) is 24.3 Å². The highest BCUT2D eigenvalue weighted by Crippen LogP contribution is 2.42. The molecule has 0 aromatic carbocycles. The summed E-state index contributed by atoms with van der Waals surface area (Å²) in [6.07, 6.45) is 7.12. The minimum atomic E-state index is 0.269. The third-order valence-corrected chi connectivity index (χ3v) is 5.12. The number of aromatic amines is 1. The SMILES string of the molecule is CC[C@@H]1C[C@H](OCCOC)C[C@H]1c1nnc2cnc3[nH]ccc3n12. The number of methoxy groups -OCH3 is 1. The maximum Gasteiger partial charge on any atom is 0.179 e. The molecule has 1 N–H and O–H groups in total. The number of nitrogens with zero attached hydrogens (tertiary/aromatic N) is 4. The number of H-pyrrole nitrogens is 1. The lowest BCUT2D eigenvalue weighted by Crippen LogP contribution is -2.13. The minimum absolute atomic E-state index is 0.269. The number of ether oxygens (including phenoxy) is 2. The van der Waals surface area contributed by atoms with Crippen LogP contribution >= 0.6 is 0 Å². The Morgan fingerprint density at radius 1 is 1.29 bits per heavy atom. The number of rotatable bonds is 6. The van der Waals surface area contributed by atoms with Gasteiger partial charge in [-0.05, 0) is 24.8 Å². The molecule has 0 saturated heterocycles. The van der Waals surface area contributed by atoms with E-state index >= 15 is 0 Å².